The van der Waals surface area contributed by atoms with Crippen molar-refractivity contribution in [2.75, 3.05) is 11.9 Å². The summed E-state index contributed by atoms with van der Waals surface area (Å²) in [6, 6.07) is 0. The number of aliphatic hydroxyl groups excluding tert-OH is 1. The van der Waals surface area contributed by atoms with Gasteiger partial charge >= 0.3 is 0 Å². The molecule has 0 aliphatic heterocycles. The molecule has 0 bridgehead atoms. The largest absolute Gasteiger partial charge is 0.393 e. The van der Waals surface area contributed by atoms with Crippen LogP contribution >= 0.6 is 22.9 Å². The highest BCUT2D eigenvalue weighted by Crippen LogP contribution is 2.22. The molecule has 1 rings (SSSR count). The lowest BCUT2D eigenvalue weighted by Gasteiger charge is -2.03. The van der Waals surface area contributed by atoms with Gasteiger partial charge in [0.1, 0.15) is 4.34 Å². The molecule has 0 saturated heterocycles. The van der Waals surface area contributed by atoms with Gasteiger partial charge in [0.15, 0.2) is 5.13 Å². The summed E-state index contributed by atoms with van der Waals surface area (Å²) in [5, 5.41) is 12.8. The van der Waals surface area contributed by atoms with E-state index in [0.29, 0.717) is 4.34 Å². The van der Waals surface area contributed by atoms with Crippen LogP contribution in [0.3, 0.4) is 0 Å². The van der Waals surface area contributed by atoms with E-state index in [1.807, 2.05) is 0 Å². The Kier molecular flexibility index (Phi) is 3.78. The van der Waals surface area contributed by atoms with Crippen LogP contribution in [-0.2, 0) is 0 Å². The number of nitrogens with zero attached hydrogens (tertiary/aromatic N) is 1. The number of aliphatic hydroxyl groups is 1. The molecule has 12 heavy (non-hydrogen) atoms. The summed E-state index contributed by atoms with van der Waals surface area (Å²) in [5.74, 6) is 0. The molecule has 0 unspecified atom stereocenters. The number of hydrogen-bond donors (Lipinski definition) is 2. The van der Waals surface area contributed by atoms with Gasteiger partial charge in [-0.3, -0.25) is 0 Å². The van der Waals surface area contributed by atoms with Crippen LogP contribution in [0.2, 0.25) is 4.34 Å². The molecule has 0 fully saturated rings. The van der Waals surface area contributed by atoms with E-state index in [1.165, 1.54) is 11.3 Å². The third-order valence-corrected chi connectivity index (χ3v) is 2.39. The zero-order valence-corrected chi connectivity index (χ0v) is 8.32. The monoisotopic (exact) mass is 206 g/mol. The van der Waals surface area contributed by atoms with E-state index in [2.05, 4.69) is 10.3 Å². The minimum Gasteiger partial charge on any atom is -0.393 e. The Morgan fingerprint density at radius 2 is 2.58 bits per heavy atom. The predicted octanol–water partition coefficient (Wildman–Crippen LogP) is 1.98. The van der Waals surface area contributed by atoms with Crippen molar-refractivity contribution in [1.82, 2.24) is 4.98 Å². The van der Waals surface area contributed by atoms with Crippen LogP contribution in [0.25, 0.3) is 0 Å². The molecular weight excluding hydrogens is 196 g/mol. The van der Waals surface area contributed by atoms with Crippen molar-refractivity contribution in [2.45, 2.75) is 19.4 Å². The number of halogens is 1. The molecule has 1 aromatic heterocycles. The van der Waals surface area contributed by atoms with Crippen molar-refractivity contribution < 1.29 is 5.11 Å². The second-order valence-electron chi connectivity index (χ2n) is 2.53. The van der Waals surface area contributed by atoms with Crippen molar-refractivity contribution in [3.63, 3.8) is 0 Å². The van der Waals surface area contributed by atoms with Crippen molar-refractivity contribution in [2.24, 2.45) is 0 Å². The summed E-state index contributed by atoms with van der Waals surface area (Å²) in [7, 11) is 0. The molecule has 0 radical (unpaired) electrons. The number of thiazole rings is 1. The molecule has 0 amide bonds. The molecule has 5 heteroatoms. The van der Waals surface area contributed by atoms with E-state index in [9.17, 15) is 0 Å². The van der Waals surface area contributed by atoms with Crippen molar-refractivity contribution in [3.05, 3.63) is 10.5 Å². The van der Waals surface area contributed by atoms with Crippen LogP contribution in [0.15, 0.2) is 6.20 Å². The van der Waals surface area contributed by atoms with Gasteiger partial charge in [-0.2, -0.15) is 0 Å². The highest BCUT2D eigenvalue weighted by molar-refractivity contribution is 7.19. The summed E-state index contributed by atoms with van der Waals surface area (Å²) in [5.41, 5.74) is 0. The molecule has 1 heterocycles. The highest BCUT2D eigenvalue weighted by Gasteiger charge is 1.99. The summed E-state index contributed by atoms with van der Waals surface area (Å²) in [6.45, 7) is 2.48. The van der Waals surface area contributed by atoms with Gasteiger partial charge in [-0.1, -0.05) is 22.9 Å². The van der Waals surface area contributed by atoms with Crippen LogP contribution in [-0.4, -0.2) is 22.7 Å². The minimum absolute atomic E-state index is 0.270. The minimum atomic E-state index is -0.270. The lowest BCUT2D eigenvalue weighted by molar-refractivity contribution is 0.189. The molecular formula is C7H11ClN2OS. The first-order valence-corrected chi connectivity index (χ1v) is 4.91. The zero-order valence-electron chi connectivity index (χ0n) is 6.75. The smallest absolute Gasteiger partial charge is 0.184 e. The van der Waals surface area contributed by atoms with E-state index in [4.69, 9.17) is 16.7 Å². The highest BCUT2D eigenvalue weighted by atomic mass is 35.5. The maximum atomic E-state index is 8.95. The fourth-order valence-electron chi connectivity index (χ4n) is 0.724. The van der Waals surface area contributed by atoms with Crippen molar-refractivity contribution >= 4 is 28.1 Å². The van der Waals surface area contributed by atoms with Gasteiger partial charge in [0.05, 0.1) is 12.3 Å². The van der Waals surface area contributed by atoms with E-state index in [0.717, 1.165) is 18.1 Å². The van der Waals surface area contributed by atoms with Gasteiger partial charge < -0.3 is 10.4 Å². The summed E-state index contributed by atoms with van der Waals surface area (Å²) in [4.78, 5) is 4.01. The van der Waals surface area contributed by atoms with Crippen LogP contribution in [0.5, 0.6) is 0 Å². The number of anilines is 1. The van der Waals surface area contributed by atoms with Crippen LogP contribution in [0.1, 0.15) is 13.3 Å². The molecule has 0 aliphatic rings. The molecule has 2 N–H and O–H groups in total. The molecule has 68 valence electrons. The zero-order chi connectivity index (χ0) is 8.97. The predicted molar refractivity (Wildman–Crippen MR) is 51.9 cm³/mol. The fraction of sp³-hybridized carbons (Fsp3) is 0.571. The van der Waals surface area contributed by atoms with Gasteiger partial charge in [0.25, 0.3) is 0 Å². The molecule has 1 atom stereocenters. The quantitative estimate of drug-likeness (QED) is 0.792. The fourth-order valence-corrected chi connectivity index (χ4v) is 1.56. The number of rotatable bonds is 4. The van der Waals surface area contributed by atoms with Crippen LogP contribution in [0.4, 0.5) is 5.13 Å². The van der Waals surface area contributed by atoms with Crippen LogP contribution < -0.4 is 5.32 Å². The van der Waals surface area contributed by atoms with E-state index in [1.54, 1.807) is 13.1 Å². The Hall–Kier alpha value is -0.320. The van der Waals surface area contributed by atoms with Gasteiger partial charge in [0.2, 0.25) is 0 Å². The average Bonchev–Trinajstić information content (AvgIpc) is 2.35. The van der Waals surface area contributed by atoms with Crippen molar-refractivity contribution in [3.8, 4) is 0 Å². The number of aromatic nitrogens is 1. The summed E-state index contributed by atoms with van der Waals surface area (Å²) < 4.78 is 0.676. The molecule has 0 spiro atoms. The Labute approximate surface area is 80.4 Å². The normalized spacial score (nSPS) is 12.9. The second kappa shape index (κ2) is 4.64. The second-order valence-corrected chi connectivity index (χ2v) is 4.20. The molecule has 0 aromatic carbocycles. The third kappa shape index (κ3) is 3.38. The molecule has 0 saturated carbocycles. The maximum Gasteiger partial charge on any atom is 0.184 e. The molecule has 0 aliphatic carbocycles. The number of hydrogen-bond acceptors (Lipinski definition) is 4. The lowest BCUT2D eigenvalue weighted by Crippen LogP contribution is -2.09. The van der Waals surface area contributed by atoms with Crippen molar-refractivity contribution in [1.29, 1.82) is 0 Å². The average molecular weight is 207 g/mol. The Morgan fingerprint density at radius 1 is 1.83 bits per heavy atom. The summed E-state index contributed by atoms with van der Waals surface area (Å²) >= 11 is 7.07. The van der Waals surface area contributed by atoms with Gasteiger partial charge in [0, 0.05) is 6.54 Å². The Balaban J connectivity index is 2.24. The SMILES string of the molecule is C[C@@H](O)CCNc1ncc(Cl)s1. The van der Waals surface area contributed by atoms with E-state index < -0.39 is 0 Å². The standard InChI is InChI=1S/C7H11ClN2OS/c1-5(11)2-3-9-7-10-4-6(8)12-7/h4-5,11H,2-3H2,1H3,(H,9,10)/t5-/m1/s1. The van der Waals surface area contributed by atoms with E-state index >= 15 is 0 Å². The van der Waals surface area contributed by atoms with Gasteiger partial charge in [-0.25, -0.2) is 4.98 Å². The molecule has 1 aromatic rings. The number of nitrogens with one attached hydrogen (secondary N) is 1. The Bertz CT molecular complexity index is 239. The maximum absolute atomic E-state index is 8.95. The van der Waals surface area contributed by atoms with Gasteiger partial charge in [-0.15, -0.1) is 0 Å². The van der Waals surface area contributed by atoms with Gasteiger partial charge in [-0.05, 0) is 13.3 Å². The lowest BCUT2D eigenvalue weighted by atomic mass is 10.3. The first kappa shape index (κ1) is 9.77. The summed E-state index contributed by atoms with van der Waals surface area (Å²) in [6.07, 6.45) is 2.06. The van der Waals surface area contributed by atoms with E-state index in [-0.39, 0.29) is 6.10 Å². The first-order chi connectivity index (χ1) is 5.68. The topological polar surface area (TPSA) is 45.1 Å². The molecule has 3 nitrogen and oxygen atoms in total. The van der Waals surface area contributed by atoms with Crippen LogP contribution in [0, 0.1) is 0 Å². The third-order valence-electron chi connectivity index (χ3n) is 1.32. The Morgan fingerprint density at radius 3 is 3.08 bits per heavy atom. The first-order valence-electron chi connectivity index (χ1n) is 3.72.